The summed E-state index contributed by atoms with van der Waals surface area (Å²) >= 11 is 0. The molecule has 0 aliphatic carbocycles. The van der Waals surface area contributed by atoms with E-state index in [4.69, 9.17) is 0 Å². The van der Waals surface area contributed by atoms with Crippen molar-refractivity contribution in [3.05, 3.63) is 65.5 Å². The van der Waals surface area contributed by atoms with Crippen LogP contribution in [-0.2, 0) is 13.0 Å². The lowest BCUT2D eigenvalue weighted by Gasteiger charge is -2.27. The van der Waals surface area contributed by atoms with Gasteiger partial charge in [-0.2, -0.15) is 15.0 Å². The Hall–Kier alpha value is -3.42. The zero-order chi connectivity index (χ0) is 21.5. The Kier molecular flexibility index (Phi) is 6.76. The number of phenols is 1. The maximum absolute atomic E-state index is 14.0. The van der Waals surface area contributed by atoms with Crippen molar-refractivity contribution in [3.8, 4) is 5.75 Å². The third-order valence-electron chi connectivity index (χ3n) is 5.29. The van der Waals surface area contributed by atoms with Crippen LogP contribution in [0.3, 0.4) is 0 Å². The highest BCUT2D eigenvalue weighted by molar-refractivity contribution is 5.44. The van der Waals surface area contributed by atoms with Crippen molar-refractivity contribution in [1.29, 1.82) is 0 Å². The first kappa shape index (κ1) is 20.8. The van der Waals surface area contributed by atoms with E-state index in [0.717, 1.165) is 37.9 Å². The van der Waals surface area contributed by atoms with E-state index in [1.54, 1.807) is 24.3 Å². The van der Waals surface area contributed by atoms with Gasteiger partial charge >= 0.3 is 0 Å². The minimum absolute atomic E-state index is 0.255. The van der Waals surface area contributed by atoms with E-state index < -0.39 is 0 Å². The van der Waals surface area contributed by atoms with Gasteiger partial charge < -0.3 is 20.6 Å². The van der Waals surface area contributed by atoms with Gasteiger partial charge in [0.05, 0.1) is 0 Å². The molecule has 3 aromatic rings. The van der Waals surface area contributed by atoms with E-state index in [-0.39, 0.29) is 11.6 Å². The number of anilines is 3. The van der Waals surface area contributed by atoms with E-state index >= 15 is 0 Å². The number of benzene rings is 2. The number of nitrogens with one attached hydrogen (secondary N) is 2. The lowest BCUT2D eigenvalue weighted by Crippen LogP contribution is -2.31. The minimum atomic E-state index is -0.257. The summed E-state index contributed by atoms with van der Waals surface area (Å²) in [7, 11) is 0. The fourth-order valence-corrected chi connectivity index (χ4v) is 3.56. The molecule has 2 aromatic carbocycles. The monoisotopic (exact) mass is 422 g/mol. The zero-order valence-corrected chi connectivity index (χ0v) is 17.4. The summed E-state index contributed by atoms with van der Waals surface area (Å²) in [6, 6.07) is 13.8. The lowest BCUT2D eigenvalue weighted by atomic mass is 10.1. The number of hydrogen-bond acceptors (Lipinski definition) is 7. The van der Waals surface area contributed by atoms with Crippen molar-refractivity contribution < 1.29 is 9.50 Å². The van der Waals surface area contributed by atoms with Gasteiger partial charge in [-0.1, -0.05) is 30.3 Å². The van der Waals surface area contributed by atoms with E-state index in [9.17, 15) is 9.50 Å². The van der Waals surface area contributed by atoms with Gasteiger partial charge in [-0.3, -0.25) is 0 Å². The molecule has 162 valence electrons. The fraction of sp³-hybridized carbons (Fsp3) is 0.348. The maximum Gasteiger partial charge on any atom is 0.231 e. The van der Waals surface area contributed by atoms with Gasteiger partial charge in [-0.25, -0.2) is 4.39 Å². The molecule has 1 aromatic heterocycles. The van der Waals surface area contributed by atoms with Crippen LogP contribution in [0.5, 0.6) is 5.75 Å². The first-order valence-electron chi connectivity index (χ1n) is 10.7. The van der Waals surface area contributed by atoms with Crippen LogP contribution in [0.2, 0.25) is 0 Å². The lowest BCUT2D eigenvalue weighted by molar-refractivity contribution is 0.475. The van der Waals surface area contributed by atoms with Gasteiger partial charge in [0.2, 0.25) is 17.8 Å². The van der Waals surface area contributed by atoms with Crippen molar-refractivity contribution >= 4 is 17.8 Å². The Balaban J connectivity index is 1.46. The molecule has 0 saturated carbocycles. The number of nitrogens with zero attached hydrogens (tertiary/aromatic N) is 4. The van der Waals surface area contributed by atoms with E-state index in [1.165, 1.54) is 12.5 Å². The number of hydrogen-bond donors (Lipinski definition) is 3. The number of halogens is 1. The quantitative estimate of drug-likeness (QED) is 0.506. The summed E-state index contributed by atoms with van der Waals surface area (Å²) in [5, 5.41) is 15.8. The molecule has 2 heterocycles. The maximum atomic E-state index is 14.0. The Morgan fingerprint density at radius 3 is 2.32 bits per heavy atom. The van der Waals surface area contributed by atoms with Crippen molar-refractivity contribution in [2.75, 3.05) is 35.2 Å². The molecule has 1 fully saturated rings. The standard InChI is InChI=1S/C23H27FN6O/c24-20-7-3-2-6-18(20)16-26-22-27-21(25-13-12-17-8-10-19(31)11-9-17)28-23(29-22)30-14-4-1-5-15-30/h2-3,6-11,31H,1,4-5,12-16H2,(H2,25,26,27,28,29). The minimum Gasteiger partial charge on any atom is -0.508 e. The van der Waals surface area contributed by atoms with E-state index in [2.05, 4.69) is 30.5 Å². The number of aromatic hydroxyl groups is 1. The third-order valence-corrected chi connectivity index (χ3v) is 5.29. The molecule has 0 bridgehead atoms. The number of rotatable bonds is 8. The summed E-state index contributed by atoms with van der Waals surface area (Å²) in [4.78, 5) is 15.8. The molecule has 3 N–H and O–H groups in total. The molecule has 31 heavy (non-hydrogen) atoms. The highest BCUT2D eigenvalue weighted by Gasteiger charge is 2.16. The molecule has 1 aliphatic rings. The average Bonchev–Trinajstić information content (AvgIpc) is 2.80. The zero-order valence-electron chi connectivity index (χ0n) is 17.4. The highest BCUT2D eigenvalue weighted by Crippen LogP contribution is 2.19. The number of phenolic OH excluding ortho intramolecular Hbond substituents is 1. The third kappa shape index (κ3) is 5.81. The molecular weight excluding hydrogens is 395 g/mol. The molecule has 0 amide bonds. The van der Waals surface area contributed by atoms with Crippen molar-refractivity contribution in [1.82, 2.24) is 15.0 Å². The molecule has 0 atom stereocenters. The predicted molar refractivity (Wildman–Crippen MR) is 120 cm³/mol. The fourth-order valence-electron chi connectivity index (χ4n) is 3.56. The first-order chi connectivity index (χ1) is 15.2. The smallest absolute Gasteiger partial charge is 0.231 e. The van der Waals surface area contributed by atoms with Crippen molar-refractivity contribution in [2.45, 2.75) is 32.2 Å². The van der Waals surface area contributed by atoms with Crippen LogP contribution in [0, 0.1) is 5.82 Å². The molecular formula is C23H27FN6O. The second-order valence-corrected chi connectivity index (χ2v) is 7.62. The van der Waals surface area contributed by atoms with E-state index in [0.29, 0.717) is 36.5 Å². The van der Waals surface area contributed by atoms with Crippen LogP contribution in [-0.4, -0.2) is 39.7 Å². The summed E-state index contributed by atoms with van der Waals surface area (Å²) in [5.41, 5.74) is 1.66. The summed E-state index contributed by atoms with van der Waals surface area (Å²) < 4.78 is 14.0. The second kappa shape index (κ2) is 10.1. The second-order valence-electron chi connectivity index (χ2n) is 7.62. The Morgan fingerprint density at radius 1 is 0.871 bits per heavy atom. The van der Waals surface area contributed by atoms with Crippen molar-refractivity contribution in [3.63, 3.8) is 0 Å². The van der Waals surface area contributed by atoms with Gasteiger partial charge in [0.1, 0.15) is 11.6 Å². The van der Waals surface area contributed by atoms with Crippen LogP contribution in [0.15, 0.2) is 48.5 Å². The normalized spacial score (nSPS) is 13.8. The van der Waals surface area contributed by atoms with Crippen LogP contribution >= 0.6 is 0 Å². The van der Waals surface area contributed by atoms with Gasteiger partial charge in [0.25, 0.3) is 0 Å². The number of aromatic nitrogens is 3. The molecule has 8 heteroatoms. The first-order valence-corrected chi connectivity index (χ1v) is 10.7. The highest BCUT2D eigenvalue weighted by atomic mass is 19.1. The van der Waals surface area contributed by atoms with Gasteiger partial charge in [-0.15, -0.1) is 0 Å². The Morgan fingerprint density at radius 2 is 1.58 bits per heavy atom. The van der Waals surface area contributed by atoms with Crippen LogP contribution in [0.1, 0.15) is 30.4 Å². The summed E-state index contributed by atoms with van der Waals surface area (Å²) in [6.07, 6.45) is 4.22. The molecule has 1 aliphatic heterocycles. The van der Waals surface area contributed by atoms with Crippen LogP contribution < -0.4 is 15.5 Å². The van der Waals surface area contributed by atoms with Gasteiger partial charge in [0.15, 0.2) is 0 Å². The molecule has 1 saturated heterocycles. The van der Waals surface area contributed by atoms with Gasteiger partial charge in [0, 0.05) is 31.7 Å². The topological polar surface area (TPSA) is 86.2 Å². The van der Waals surface area contributed by atoms with Crippen LogP contribution in [0.25, 0.3) is 0 Å². The molecule has 0 radical (unpaired) electrons. The molecule has 4 rings (SSSR count). The van der Waals surface area contributed by atoms with Crippen LogP contribution in [0.4, 0.5) is 22.2 Å². The largest absolute Gasteiger partial charge is 0.508 e. The van der Waals surface area contributed by atoms with E-state index in [1.807, 2.05) is 18.2 Å². The van der Waals surface area contributed by atoms with Gasteiger partial charge in [-0.05, 0) is 49.4 Å². The number of piperidine rings is 1. The molecule has 0 spiro atoms. The predicted octanol–water partition coefficient (Wildman–Crippen LogP) is 3.97. The molecule has 7 nitrogen and oxygen atoms in total. The Labute approximate surface area is 181 Å². The summed E-state index contributed by atoms with van der Waals surface area (Å²) in [6.45, 7) is 2.78. The molecule has 0 unspecified atom stereocenters. The average molecular weight is 423 g/mol. The van der Waals surface area contributed by atoms with Crippen molar-refractivity contribution in [2.24, 2.45) is 0 Å². The Bertz CT molecular complexity index is 992. The summed E-state index contributed by atoms with van der Waals surface area (Å²) in [5.74, 6) is 1.55. The SMILES string of the molecule is Oc1ccc(CCNc2nc(NCc3ccccc3F)nc(N3CCCCC3)n2)cc1.